The molecule has 4 nitrogen and oxygen atoms in total. The van der Waals surface area contributed by atoms with Crippen LogP contribution in [0.4, 0.5) is 0 Å². The van der Waals surface area contributed by atoms with Gasteiger partial charge < -0.3 is 9.64 Å². The van der Waals surface area contributed by atoms with Gasteiger partial charge in [-0.25, -0.2) is 0 Å². The maximum atomic E-state index is 11.9. The van der Waals surface area contributed by atoms with Gasteiger partial charge >= 0.3 is 5.97 Å². The monoisotopic (exact) mass is 227 g/mol. The topological polar surface area (TPSA) is 46.6 Å². The van der Waals surface area contributed by atoms with E-state index < -0.39 is 0 Å². The fourth-order valence-corrected chi connectivity index (χ4v) is 2.25. The van der Waals surface area contributed by atoms with Gasteiger partial charge in [0.2, 0.25) is 5.91 Å². The zero-order valence-electron chi connectivity index (χ0n) is 10.4. The van der Waals surface area contributed by atoms with Crippen LogP contribution in [0.1, 0.15) is 39.5 Å². The first-order valence-corrected chi connectivity index (χ1v) is 5.92. The Bertz CT molecular complexity index is 263. The molecular weight excluding hydrogens is 206 g/mol. The van der Waals surface area contributed by atoms with Crippen LogP contribution in [-0.2, 0) is 14.3 Å². The van der Waals surface area contributed by atoms with E-state index in [2.05, 4.69) is 18.6 Å². The minimum Gasteiger partial charge on any atom is -0.469 e. The fourth-order valence-electron chi connectivity index (χ4n) is 2.25. The summed E-state index contributed by atoms with van der Waals surface area (Å²) < 4.78 is 4.53. The second-order valence-electron chi connectivity index (χ2n) is 4.62. The molecule has 92 valence electrons. The Labute approximate surface area is 96.9 Å². The third kappa shape index (κ3) is 3.22. The van der Waals surface area contributed by atoms with Gasteiger partial charge in [0, 0.05) is 19.0 Å². The number of hydrogen-bond acceptors (Lipinski definition) is 3. The molecule has 0 bridgehead atoms. The van der Waals surface area contributed by atoms with Gasteiger partial charge in [-0.05, 0) is 18.8 Å². The first kappa shape index (κ1) is 13.0. The minimum absolute atomic E-state index is 0.0848. The molecule has 0 spiro atoms. The van der Waals surface area contributed by atoms with Gasteiger partial charge in [-0.3, -0.25) is 9.59 Å². The third-order valence-electron chi connectivity index (χ3n) is 3.16. The van der Waals surface area contributed by atoms with Gasteiger partial charge in [0.05, 0.1) is 13.5 Å². The number of carbonyl (C=O) groups is 2. The lowest BCUT2D eigenvalue weighted by Crippen LogP contribution is -2.38. The summed E-state index contributed by atoms with van der Waals surface area (Å²) in [5.74, 6) is 0.264. The maximum absolute atomic E-state index is 11.9. The highest BCUT2D eigenvalue weighted by atomic mass is 16.5. The molecule has 16 heavy (non-hydrogen) atoms. The fraction of sp³-hybridized carbons (Fsp3) is 0.833. The molecule has 0 saturated carbocycles. The highest BCUT2D eigenvalue weighted by Crippen LogP contribution is 2.24. The van der Waals surface area contributed by atoms with E-state index in [-0.39, 0.29) is 24.7 Å². The van der Waals surface area contributed by atoms with Crippen molar-refractivity contribution in [1.29, 1.82) is 0 Å². The largest absolute Gasteiger partial charge is 0.469 e. The zero-order chi connectivity index (χ0) is 12.1. The molecule has 1 saturated heterocycles. The summed E-state index contributed by atoms with van der Waals surface area (Å²) in [6, 6.07) is 0.352. The van der Waals surface area contributed by atoms with Gasteiger partial charge in [0.1, 0.15) is 0 Å². The zero-order valence-corrected chi connectivity index (χ0v) is 10.4. The van der Waals surface area contributed by atoms with Crippen LogP contribution < -0.4 is 0 Å². The predicted octanol–water partition coefficient (Wildman–Crippen LogP) is 1.59. The van der Waals surface area contributed by atoms with E-state index in [1.54, 1.807) is 0 Å². The number of carbonyl (C=O) groups excluding carboxylic acids is 2. The summed E-state index contributed by atoms with van der Waals surface area (Å²) >= 11 is 0. The molecular formula is C12H21NO3. The highest BCUT2D eigenvalue weighted by Gasteiger charge is 2.30. The van der Waals surface area contributed by atoms with Gasteiger partial charge in [0.15, 0.2) is 0 Å². The van der Waals surface area contributed by atoms with Crippen molar-refractivity contribution in [3.8, 4) is 0 Å². The average molecular weight is 227 g/mol. The van der Waals surface area contributed by atoms with Crippen LogP contribution in [0.2, 0.25) is 0 Å². The number of ether oxygens (including phenoxy) is 1. The molecule has 0 aromatic rings. The molecule has 1 fully saturated rings. The molecule has 1 aliphatic heterocycles. The Kier molecular flexibility index (Phi) is 4.77. The molecule has 1 heterocycles. The van der Waals surface area contributed by atoms with Crippen molar-refractivity contribution in [2.24, 2.45) is 5.92 Å². The van der Waals surface area contributed by atoms with Gasteiger partial charge in [-0.1, -0.05) is 13.8 Å². The first-order chi connectivity index (χ1) is 7.56. The molecule has 0 aliphatic carbocycles. The summed E-state index contributed by atoms with van der Waals surface area (Å²) in [6.45, 7) is 5.11. The number of esters is 1. The molecule has 0 unspecified atom stereocenters. The van der Waals surface area contributed by atoms with Crippen LogP contribution in [0.3, 0.4) is 0 Å². The number of nitrogens with zero attached hydrogens (tertiary/aromatic N) is 1. The van der Waals surface area contributed by atoms with Gasteiger partial charge in [0.25, 0.3) is 0 Å². The van der Waals surface area contributed by atoms with E-state index in [1.165, 1.54) is 7.11 Å². The highest BCUT2D eigenvalue weighted by molar-refractivity contribution is 5.81. The van der Waals surface area contributed by atoms with Crippen LogP contribution in [-0.4, -0.2) is 36.5 Å². The Balaban J connectivity index is 2.44. The van der Waals surface area contributed by atoms with Crippen LogP contribution in [0.25, 0.3) is 0 Å². The van der Waals surface area contributed by atoms with E-state index in [0.29, 0.717) is 12.0 Å². The van der Waals surface area contributed by atoms with Crippen molar-refractivity contribution in [3.05, 3.63) is 0 Å². The summed E-state index contributed by atoms with van der Waals surface area (Å²) in [4.78, 5) is 24.8. The number of hydrogen-bond donors (Lipinski definition) is 0. The summed E-state index contributed by atoms with van der Waals surface area (Å²) in [6.07, 6.45) is 2.63. The first-order valence-electron chi connectivity index (χ1n) is 5.92. The van der Waals surface area contributed by atoms with E-state index in [0.717, 1.165) is 19.4 Å². The lowest BCUT2D eigenvalue weighted by atomic mass is 10.0. The standard InChI is InChI=1S/C12H21NO3/c1-9(2)10-5-4-8-13(10)11(14)6-7-12(15)16-3/h9-10H,4-8H2,1-3H3/t10-/m0/s1. The molecule has 4 heteroatoms. The summed E-state index contributed by atoms with van der Waals surface area (Å²) in [5, 5.41) is 0. The normalized spacial score (nSPS) is 20.2. The van der Waals surface area contributed by atoms with Gasteiger partial charge in [-0.2, -0.15) is 0 Å². The molecule has 0 aromatic carbocycles. The number of likely N-dealkylation sites (tertiary alicyclic amines) is 1. The van der Waals surface area contributed by atoms with Gasteiger partial charge in [-0.15, -0.1) is 0 Å². The summed E-state index contributed by atoms with van der Waals surface area (Å²) in [5.41, 5.74) is 0. The van der Waals surface area contributed by atoms with Crippen LogP contribution in [0, 0.1) is 5.92 Å². The van der Waals surface area contributed by atoms with Crippen LogP contribution in [0.15, 0.2) is 0 Å². The van der Waals surface area contributed by atoms with E-state index in [4.69, 9.17) is 0 Å². The maximum Gasteiger partial charge on any atom is 0.306 e. The predicted molar refractivity (Wildman–Crippen MR) is 60.8 cm³/mol. The Morgan fingerprint density at radius 3 is 2.62 bits per heavy atom. The lowest BCUT2D eigenvalue weighted by Gasteiger charge is -2.27. The quantitative estimate of drug-likeness (QED) is 0.685. The molecule has 1 rings (SSSR count). The van der Waals surface area contributed by atoms with Crippen molar-refractivity contribution >= 4 is 11.9 Å². The van der Waals surface area contributed by atoms with Crippen molar-refractivity contribution in [1.82, 2.24) is 4.90 Å². The summed E-state index contributed by atoms with van der Waals surface area (Å²) in [7, 11) is 1.35. The molecule has 0 radical (unpaired) electrons. The van der Waals surface area contributed by atoms with Crippen molar-refractivity contribution in [3.63, 3.8) is 0 Å². The number of rotatable bonds is 4. The number of amides is 1. The number of methoxy groups -OCH3 is 1. The smallest absolute Gasteiger partial charge is 0.306 e. The molecule has 1 amide bonds. The molecule has 0 N–H and O–H groups in total. The second kappa shape index (κ2) is 5.87. The second-order valence-corrected chi connectivity index (χ2v) is 4.62. The van der Waals surface area contributed by atoms with Crippen molar-refractivity contribution in [2.45, 2.75) is 45.6 Å². The molecule has 0 aromatic heterocycles. The van der Waals surface area contributed by atoms with Crippen LogP contribution in [0.5, 0.6) is 0 Å². The lowest BCUT2D eigenvalue weighted by molar-refractivity contribution is -0.144. The van der Waals surface area contributed by atoms with E-state index >= 15 is 0 Å². The average Bonchev–Trinajstić information content (AvgIpc) is 2.74. The molecule has 1 atom stereocenters. The van der Waals surface area contributed by atoms with Crippen LogP contribution >= 0.6 is 0 Å². The third-order valence-corrected chi connectivity index (χ3v) is 3.16. The Morgan fingerprint density at radius 1 is 1.38 bits per heavy atom. The van der Waals surface area contributed by atoms with Crippen molar-refractivity contribution < 1.29 is 14.3 Å². The SMILES string of the molecule is COC(=O)CCC(=O)N1CCC[C@H]1C(C)C. The van der Waals surface area contributed by atoms with E-state index in [1.807, 2.05) is 4.90 Å². The van der Waals surface area contributed by atoms with Crippen molar-refractivity contribution in [2.75, 3.05) is 13.7 Å². The molecule has 1 aliphatic rings. The van der Waals surface area contributed by atoms with E-state index in [9.17, 15) is 9.59 Å². The minimum atomic E-state index is -0.311. The Hall–Kier alpha value is -1.06. The Morgan fingerprint density at radius 2 is 2.06 bits per heavy atom.